The van der Waals surface area contributed by atoms with Crippen molar-refractivity contribution in [3.05, 3.63) is 38.5 Å². The van der Waals surface area contributed by atoms with Crippen molar-refractivity contribution in [1.82, 2.24) is 20.1 Å². The fraction of sp³-hybridized carbons (Fsp3) is 0.636. The summed E-state index contributed by atoms with van der Waals surface area (Å²) < 4.78 is 5.39. The van der Waals surface area contributed by atoms with E-state index in [2.05, 4.69) is 59.0 Å². The highest BCUT2D eigenvalue weighted by Gasteiger charge is 2.31. The Morgan fingerprint density at radius 2 is 2.30 bits per heavy atom. The predicted octanol–water partition coefficient (Wildman–Crippen LogP) is 4.39. The van der Waals surface area contributed by atoms with Gasteiger partial charge in [0.15, 0.2) is 5.96 Å². The number of guanidine groups is 1. The number of thiophene rings is 1. The van der Waals surface area contributed by atoms with E-state index in [1.807, 2.05) is 18.3 Å². The number of hydrogen-bond acceptors (Lipinski definition) is 6. The Morgan fingerprint density at radius 1 is 1.47 bits per heavy atom. The number of rotatable bonds is 8. The minimum atomic E-state index is 0.0356. The third-order valence-electron chi connectivity index (χ3n) is 5.68. The van der Waals surface area contributed by atoms with Gasteiger partial charge in [0.2, 0.25) is 0 Å². The van der Waals surface area contributed by atoms with E-state index in [-0.39, 0.29) is 6.10 Å². The van der Waals surface area contributed by atoms with Crippen molar-refractivity contribution < 1.29 is 4.74 Å². The summed E-state index contributed by atoms with van der Waals surface area (Å²) in [6, 6.07) is 4.89. The molecule has 0 bridgehead atoms. The van der Waals surface area contributed by atoms with Crippen LogP contribution in [0, 0.1) is 5.92 Å². The smallest absolute Gasteiger partial charge is 0.194 e. The van der Waals surface area contributed by atoms with Crippen LogP contribution in [0.15, 0.2) is 27.9 Å². The third kappa shape index (κ3) is 5.81. The molecule has 1 saturated heterocycles. The number of aromatic nitrogens is 1. The van der Waals surface area contributed by atoms with Crippen molar-refractivity contribution >= 4 is 28.6 Å². The van der Waals surface area contributed by atoms with Gasteiger partial charge in [-0.15, -0.1) is 22.7 Å². The SMILES string of the molecule is CCNC(=NCC1CCCN(C)C1c1cccs1)N(C)Cc1csc(C(C)OC)n1. The molecule has 0 aromatic carbocycles. The van der Waals surface area contributed by atoms with Crippen LogP contribution >= 0.6 is 22.7 Å². The van der Waals surface area contributed by atoms with Gasteiger partial charge in [0.05, 0.1) is 12.2 Å². The van der Waals surface area contributed by atoms with Crippen molar-refractivity contribution in [3.8, 4) is 0 Å². The van der Waals surface area contributed by atoms with E-state index in [9.17, 15) is 0 Å². The number of hydrogen-bond donors (Lipinski definition) is 1. The first kappa shape index (κ1) is 23.2. The molecule has 0 radical (unpaired) electrons. The average molecular weight is 450 g/mol. The number of piperidine rings is 1. The minimum Gasteiger partial charge on any atom is -0.375 e. The van der Waals surface area contributed by atoms with Crippen molar-refractivity contribution in [3.63, 3.8) is 0 Å². The van der Waals surface area contributed by atoms with Gasteiger partial charge in [0.1, 0.15) is 11.1 Å². The van der Waals surface area contributed by atoms with E-state index < -0.39 is 0 Å². The highest BCUT2D eigenvalue weighted by molar-refractivity contribution is 7.10. The van der Waals surface area contributed by atoms with Gasteiger partial charge in [0, 0.05) is 43.5 Å². The lowest BCUT2D eigenvalue weighted by atomic mass is 9.88. The summed E-state index contributed by atoms with van der Waals surface area (Å²) in [7, 11) is 6.06. The van der Waals surface area contributed by atoms with Crippen LogP contribution in [0.5, 0.6) is 0 Å². The number of nitrogens with zero attached hydrogens (tertiary/aromatic N) is 4. The number of methoxy groups -OCH3 is 1. The number of nitrogens with one attached hydrogen (secondary N) is 1. The largest absolute Gasteiger partial charge is 0.375 e. The second-order valence-electron chi connectivity index (χ2n) is 7.95. The highest BCUT2D eigenvalue weighted by atomic mass is 32.1. The van der Waals surface area contributed by atoms with Crippen LogP contribution in [0.4, 0.5) is 0 Å². The van der Waals surface area contributed by atoms with Crippen molar-refractivity contribution in [2.75, 3.05) is 40.8 Å². The zero-order valence-corrected chi connectivity index (χ0v) is 20.4. The molecule has 30 heavy (non-hydrogen) atoms. The lowest BCUT2D eigenvalue weighted by Crippen LogP contribution is -2.40. The Kier molecular flexibility index (Phi) is 8.68. The van der Waals surface area contributed by atoms with Crippen molar-refractivity contribution in [2.24, 2.45) is 10.9 Å². The highest BCUT2D eigenvalue weighted by Crippen LogP contribution is 2.37. The first-order chi connectivity index (χ1) is 14.5. The normalized spacial score (nSPS) is 21.6. The molecule has 2 aromatic heterocycles. The van der Waals surface area contributed by atoms with E-state index in [4.69, 9.17) is 14.7 Å². The van der Waals surface area contributed by atoms with Crippen LogP contribution in [0.1, 0.15) is 54.4 Å². The van der Waals surface area contributed by atoms with Gasteiger partial charge < -0.3 is 15.0 Å². The molecule has 3 rings (SSSR count). The quantitative estimate of drug-likeness (QED) is 0.478. The molecule has 3 heterocycles. The Labute approximate surface area is 189 Å². The van der Waals surface area contributed by atoms with Gasteiger partial charge in [-0.3, -0.25) is 9.89 Å². The maximum Gasteiger partial charge on any atom is 0.194 e. The average Bonchev–Trinajstić information content (AvgIpc) is 3.42. The lowest BCUT2D eigenvalue weighted by Gasteiger charge is -2.38. The Balaban J connectivity index is 1.69. The molecule has 2 aromatic rings. The second-order valence-corrected chi connectivity index (χ2v) is 9.82. The molecule has 1 aliphatic heterocycles. The zero-order chi connectivity index (χ0) is 21.5. The van der Waals surface area contributed by atoms with Crippen LogP contribution in [-0.2, 0) is 11.3 Å². The lowest BCUT2D eigenvalue weighted by molar-refractivity contribution is 0.119. The molecule has 8 heteroatoms. The maximum absolute atomic E-state index is 5.39. The molecule has 1 fully saturated rings. The number of ether oxygens (including phenoxy) is 1. The fourth-order valence-corrected chi connectivity index (χ4v) is 5.86. The molecule has 1 N–H and O–H groups in total. The Bertz CT molecular complexity index is 791. The molecule has 6 nitrogen and oxygen atoms in total. The van der Waals surface area contributed by atoms with E-state index in [1.165, 1.54) is 17.7 Å². The van der Waals surface area contributed by atoms with Gasteiger partial charge in [-0.1, -0.05) is 6.07 Å². The number of aliphatic imine (C=N–C) groups is 1. The number of thiazole rings is 1. The first-order valence-electron chi connectivity index (χ1n) is 10.7. The molecule has 0 spiro atoms. The van der Waals surface area contributed by atoms with Crippen LogP contribution in [0.3, 0.4) is 0 Å². The van der Waals surface area contributed by atoms with E-state index >= 15 is 0 Å². The second kappa shape index (κ2) is 11.2. The van der Waals surface area contributed by atoms with E-state index in [0.29, 0.717) is 12.0 Å². The third-order valence-corrected chi connectivity index (χ3v) is 7.68. The number of likely N-dealkylation sites (tertiary alicyclic amines) is 1. The molecule has 0 aliphatic carbocycles. The molecule has 1 aliphatic rings. The topological polar surface area (TPSA) is 53.0 Å². The minimum absolute atomic E-state index is 0.0356. The summed E-state index contributed by atoms with van der Waals surface area (Å²) in [5.41, 5.74) is 1.06. The van der Waals surface area contributed by atoms with Gasteiger partial charge >= 0.3 is 0 Å². The Morgan fingerprint density at radius 3 is 3.00 bits per heavy atom. The van der Waals surface area contributed by atoms with Gasteiger partial charge in [-0.2, -0.15) is 0 Å². The van der Waals surface area contributed by atoms with E-state index in [1.54, 1.807) is 18.4 Å². The monoisotopic (exact) mass is 449 g/mol. The Hall–Kier alpha value is -1.48. The van der Waals surface area contributed by atoms with Crippen LogP contribution in [0.25, 0.3) is 0 Å². The summed E-state index contributed by atoms with van der Waals surface area (Å²) >= 11 is 3.52. The van der Waals surface area contributed by atoms with Crippen LogP contribution in [0.2, 0.25) is 0 Å². The summed E-state index contributed by atoms with van der Waals surface area (Å²) in [5, 5.41) is 8.78. The van der Waals surface area contributed by atoms with Gasteiger partial charge in [-0.05, 0) is 57.6 Å². The first-order valence-corrected chi connectivity index (χ1v) is 12.5. The summed E-state index contributed by atoms with van der Waals surface area (Å²) in [5.74, 6) is 1.49. The maximum atomic E-state index is 5.39. The molecular formula is C22H35N5OS2. The molecule has 166 valence electrons. The summed E-state index contributed by atoms with van der Waals surface area (Å²) in [6.07, 6.45) is 2.50. The van der Waals surface area contributed by atoms with Gasteiger partial charge in [-0.25, -0.2) is 4.98 Å². The molecule has 3 unspecified atom stereocenters. The van der Waals surface area contributed by atoms with Crippen LogP contribution in [-0.4, -0.2) is 61.6 Å². The van der Waals surface area contributed by atoms with Crippen molar-refractivity contribution in [2.45, 2.75) is 45.4 Å². The summed E-state index contributed by atoms with van der Waals surface area (Å²) in [4.78, 5) is 15.9. The molecule has 0 amide bonds. The van der Waals surface area contributed by atoms with Crippen molar-refractivity contribution in [1.29, 1.82) is 0 Å². The standard InChI is InChI=1S/C22H35N5OS2/c1-6-23-22(27(4)14-18-15-30-21(25-18)16(2)28-5)24-13-17-9-7-11-26(3)20(17)19-10-8-12-29-19/h8,10,12,15-17,20H,6-7,9,11,13-14H2,1-5H3,(H,23,24). The van der Waals surface area contributed by atoms with Gasteiger partial charge in [0.25, 0.3) is 0 Å². The molecular weight excluding hydrogens is 414 g/mol. The zero-order valence-electron chi connectivity index (χ0n) is 18.8. The molecule has 3 atom stereocenters. The van der Waals surface area contributed by atoms with E-state index in [0.717, 1.165) is 42.8 Å². The van der Waals surface area contributed by atoms with Crippen LogP contribution < -0.4 is 5.32 Å². The predicted molar refractivity (Wildman–Crippen MR) is 127 cm³/mol. The molecule has 0 saturated carbocycles. The fourth-order valence-electron chi connectivity index (χ4n) is 4.03. The summed E-state index contributed by atoms with van der Waals surface area (Å²) in [6.45, 7) is 7.73.